The van der Waals surface area contributed by atoms with Crippen molar-refractivity contribution in [1.82, 2.24) is 0 Å². The summed E-state index contributed by atoms with van der Waals surface area (Å²) in [5, 5.41) is 5.95. The van der Waals surface area contributed by atoms with Crippen molar-refractivity contribution in [2.45, 2.75) is 26.3 Å². The number of primary amides is 1. The van der Waals surface area contributed by atoms with Gasteiger partial charge in [0.15, 0.2) is 0 Å². The Labute approximate surface area is 135 Å². The van der Waals surface area contributed by atoms with Crippen LogP contribution in [0.1, 0.15) is 29.8 Å². The molecular weight excluding hydrogens is 290 g/mol. The first-order valence-electron chi connectivity index (χ1n) is 7.56. The molecule has 0 aliphatic rings. The molecule has 4 N–H and O–H groups in total. The van der Waals surface area contributed by atoms with E-state index in [4.69, 9.17) is 5.73 Å². The predicted molar refractivity (Wildman–Crippen MR) is 92.5 cm³/mol. The average molecular weight is 311 g/mol. The molecule has 23 heavy (non-hydrogen) atoms. The van der Waals surface area contributed by atoms with Crippen molar-refractivity contribution in [3.63, 3.8) is 0 Å². The Hall–Kier alpha value is -2.82. The minimum atomic E-state index is -0.492. The van der Waals surface area contributed by atoms with Crippen LogP contribution in [0.3, 0.4) is 0 Å². The summed E-state index contributed by atoms with van der Waals surface area (Å²) < 4.78 is 0. The fourth-order valence-corrected chi connectivity index (χ4v) is 2.12. The number of benzene rings is 2. The highest BCUT2D eigenvalue weighted by Crippen LogP contribution is 2.13. The Morgan fingerprint density at radius 3 is 2.09 bits per heavy atom. The largest absolute Gasteiger partial charge is 0.374 e. The number of carbonyl (C=O) groups is 2. The lowest BCUT2D eigenvalue weighted by Gasteiger charge is -2.15. The topological polar surface area (TPSA) is 84.2 Å². The summed E-state index contributed by atoms with van der Waals surface area (Å²) in [7, 11) is 0. The molecule has 0 aliphatic carbocycles. The third kappa shape index (κ3) is 4.57. The van der Waals surface area contributed by atoms with Crippen molar-refractivity contribution in [3.05, 3.63) is 59.7 Å². The molecule has 2 aromatic rings. The van der Waals surface area contributed by atoms with E-state index in [0.717, 1.165) is 12.1 Å². The fourth-order valence-electron chi connectivity index (χ4n) is 2.12. The Morgan fingerprint density at radius 2 is 1.57 bits per heavy atom. The second-order valence-corrected chi connectivity index (χ2v) is 5.35. The van der Waals surface area contributed by atoms with Gasteiger partial charge in [-0.3, -0.25) is 9.59 Å². The number of hydrogen-bond donors (Lipinski definition) is 3. The van der Waals surface area contributed by atoms with Crippen molar-refractivity contribution in [2.75, 3.05) is 10.6 Å². The Bertz CT molecular complexity index is 678. The Kier molecular flexibility index (Phi) is 5.36. The minimum absolute atomic E-state index is 0.156. The highest BCUT2D eigenvalue weighted by molar-refractivity contribution is 5.97. The van der Waals surface area contributed by atoms with E-state index in [1.165, 1.54) is 5.56 Å². The maximum absolute atomic E-state index is 12.2. The number of nitrogens with one attached hydrogen (secondary N) is 2. The number of nitrogens with two attached hydrogens (primary N) is 1. The molecule has 1 atom stereocenters. The van der Waals surface area contributed by atoms with E-state index in [2.05, 4.69) is 17.6 Å². The van der Waals surface area contributed by atoms with Gasteiger partial charge in [-0.1, -0.05) is 19.1 Å². The second kappa shape index (κ2) is 7.45. The van der Waals surface area contributed by atoms with Crippen molar-refractivity contribution in [1.29, 1.82) is 0 Å². The van der Waals surface area contributed by atoms with Gasteiger partial charge in [0, 0.05) is 16.9 Å². The number of anilines is 2. The number of aryl methyl sites for hydroxylation is 1. The quantitative estimate of drug-likeness (QED) is 0.767. The average Bonchev–Trinajstić information content (AvgIpc) is 2.56. The number of amides is 2. The summed E-state index contributed by atoms with van der Waals surface area (Å²) in [5.41, 5.74) is 8.36. The minimum Gasteiger partial charge on any atom is -0.374 e. The molecule has 0 aliphatic heterocycles. The molecule has 5 nitrogen and oxygen atoms in total. The van der Waals surface area contributed by atoms with Crippen LogP contribution in [0.5, 0.6) is 0 Å². The monoisotopic (exact) mass is 311 g/mol. The summed E-state index contributed by atoms with van der Waals surface area (Å²) in [6, 6.07) is 14.1. The molecular formula is C18H21N3O2. The lowest BCUT2D eigenvalue weighted by molar-refractivity contribution is -0.116. The van der Waals surface area contributed by atoms with E-state index in [0.29, 0.717) is 11.3 Å². The van der Waals surface area contributed by atoms with Gasteiger partial charge in [0.05, 0.1) is 0 Å². The first kappa shape index (κ1) is 16.5. The van der Waals surface area contributed by atoms with Crippen LogP contribution in [0.4, 0.5) is 11.4 Å². The van der Waals surface area contributed by atoms with Crippen LogP contribution in [-0.4, -0.2) is 17.9 Å². The molecule has 2 aromatic carbocycles. The lowest BCUT2D eigenvalue weighted by atomic mass is 10.1. The molecule has 2 rings (SSSR count). The van der Waals surface area contributed by atoms with Crippen LogP contribution in [0.25, 0.3) is 0 Å². The summed E-state index contributed by atoms with van der Waals surface area (Å²) >= 11 is 0. The summed E-state index contributed by atoms with van der Waals surface area (Å²) in [6.45, 7) is 3.89. The summed E-state index contributed by atoms with van der Waals surface area (Å²) in [6.07, 6.45) is 0.984. The standard InChI is InChI=1S/C18H21N3O2/c1-3-13-4-8-15(9-5-13)20-12(2)18(23)21-16-10-6-14(7-11-16)17(19)22/h4-12,20H,3H2,1-2H3,(H2,19,22)(H,21,23)/t12-/m0/s1. The summed E-state index contributed by atoms with van der Waals surface area (Å²) in [5.74, 6) is -0.648. The fraction of sp³-hybridized carbons (Fsp3) is 0.222. The molecule has 120 valence electrons. The van der Waals surface area contributed by atoms with Crippen LogP contribution in [0.15, 0.2) is 48.5 Å². The highest BCUT2D eigenvalue weighted by atomic mass is 16.2. The molecule has 0 unspecified atom stereocenters. The molecule has 0 bridgehead atoms. The number of rotatable bonds is 6. The molecule has 2 amide bonds. The van der Waals surface area contributed by atoms with E-state index in [9.17, 15) is 9.59 Å². The zero-order valence-corrected chi connectivity index (χ0v) is 13.3. The molecule has 0 aromatic heterocycles. The molecule has 0 radical (unpaired) electrons. The Morgan fingerprint density at radius 1 is 1.00 bits per heavy atom. The van der Waals surface area contributed by atoms with E-state index in [-0.39, 0.29) is 5.91 Å². The zero-order chi connectivity index (χ0) is 16.8. The molecule has 0 saturated heterocycles. The van der Waals surface area contributed by atoms with Crippen LogP contribution in [0.2, 0.25) is 0 Å². The highest BCUT2D eigenvalue weighted by Gasteiger charge is 2.13. The Balaban J connectivity index is 1.94. The van der Waals surface area contributed by atoms with Crippen LogP contribution >= 0.6 is 0 Å². The second-order valence-electron chi connectivity index (χ2n) is 5.35. The van der Waals surface area contributed by atoms with Crippen molar-refractivity contribution >= 4 is 23.2 Å². The SMILES string of the molecule is CCc1ccc(N[C@@H](C)C(=O)Nc2ccc(C(N)=O)cc2)cc1. The van der Waals surface area contributed by atoms with Gasteiger partial charge < -0.3 is 16.4 Å². The summed E-state index contributed by atoms with van der Waals surface area (Å²) in [4.78, 5) is 23.2. The van der Waals surface area contributed by atoms with Gasteiger partial charge in [-0.2, -0.15) is 0 Å². The van der Waals surface area contributed by atoms with Crippen LogP contribution < -0.4 is 16.4 Å². The normalized spacial score (nSPS) is 11.6. The third-order valence-electron chi connectivity index (χ3n) is 3.58. The maximum atomic E-state index is 12.2. The molecule has 5 heteroatoms. The van der Waals surface area contributed by atoms with Crippen molar-refractivity contribution in [2.24, 2.45) is 5.73 Å². The first-order chi connectivity index (χ1) is 11.0. The predicted octanol–water partition coefficient (Wildman–Crippen LogP) is 2.79. The van der Waals surface area contributed by atoms with Gasteiger partial charge in [-0.25, -0.2) is 0 Å². The van der Waals surface area contributed by atoms with Gasteiger partial charge in [0.2, 0.25) is 11.8 Å². The van der Waals surface area contributed by atoms with Crippen molar-refractivity contribution in [3.8, 4) is 0 Å². The van der Waals surface area contributed by atoms with Gasteiger partial charge in [-0.15, -0.1) is 0 Å². The van der Waals surface area contributed by atoms with E-state index < -0.39 is 11.9 Å². The van der Waals surface area contributed by atoms with E-state index in [1.807, 2.05) is 24.3 Å². The molecule has 0 fully saturated rings. The van der Waals surface area contributed by atoms with Gasteiger partial charge in [0.25, 0.3) is 0 Å². The zero-order valence-electron chi connectivity index (χ0n) is 13.3. The van der Waals surface area contributed by atoms with Crippen LogP contribution in [-0.2, 0) is 11.2 Å². The molecule has 0 spiro atoms. The van der Waals surface area contributed by atoms with Gasteiger partial charge >= 0.3 is 0 Å². The smallest absolute Gasteiger partial charge is 0.248 e. The number of carbonyl (C=O) groups excluding carboxylic acids is 2. The van der Waals surface area contributed by atoms with Crippen LogP contribution in [0, 0.1) is 0 Å². The van der Waals surface area contributed by atoms with Crippen molar-refractivity contribution < 1.29 is 9.59 Å². The van der Waals surface area contributed by atoms with E-state index in [1.54, 1.807) is 31.2 Å². The maximum Gasteiger partial charge on any atom is 0.248 e. The lowest BCUT2D eigenvalue weighted by Crippen LogP contribution is -2.31. The molecule has 0 saturated carbocycles. The first-order valence-corrected chi connectivity index (χ1v) is 7.56. The third-order valence-corrected chi connectivity index (χ3v) is 3.58. The molecule has 0 heterocycles. The number of hydrogen-bond acceptors (Lipinski definition) is 3. The van der Waals surface area contributed by atoms with Gasteiger partial charge in [-0.05, 0) is 55.3 Å². The van der Waals surface area contributed by atoms with E-state index >= 15 is 0 Å². The van der Waals surface area contributed by atoms with Gasteiger partial charge in [0.1, 0.15) is 6.04 Å².